The predicted octanol–water partition coefficient (Wildman–Crippen LogP) is 3.17. The molecule has 130 valence electrons. The molecular weight excluding hydrogens is 347 g/mol. The highest BCUT2D eigenvalue weighted by atomic mass is 35.5. The number of carbonyl (C=O) groups is 1. The first-order chi connectivity index (χ1) is 12.1. The molecule has 2 aromatic carbocycles. The van der Waals surface area contributed by atoms with E-state index in [9.17, 15) is 9.18 Å². The molecule has 4 rings (SSSR count). The lowest BCUT2D eigenvalue weighted by molar-refractivity contribution is 0.0746. The molecule has 0 aliphatic carbocycles. The number of benzene rings is 2. The number of hydrogen-bond acceptors (Lipinski definition) is 4. The number of fused-ring (bicyclic) bond motifs is 1. The molecule has 2 heterocycles. The first-order valence-corrected chi connectivity index (χ1v) is 8.38. The van der Waals surface area contributed by atoms with Crippen LogP contribution >= 0.6 is 11.6 Å². The number of ether oxygens (including phenoxy) is 2. The van der Waals surface area contributed by atoms with Crippen LogP contribution in [0.5, 0.6) is 11.5 Å². The summed E-state index contributed by atoms with van der Waals surface area (Å²) >= 11 is 6.16. The Morgan fingerprint density at radius 3 is 2.48 bits per heavy atom. The number of piperazine rings is 1. The summed E-state index contributed by atoms with van der Waals surface area (Å²) in [4.78, 5) is 16.7. The maximum atomic E-state index is 13.0. The Labute approximate surface area is 149 Å². The highest BCUT2D eigenvalue weighted by Gasteiger charge is 2.26. The number of rotatable bonds is 2. The van der Waals surface area contributed by atoms with Crippen LogP contribution in [0.2, 0.25) is 5.02 Å². The molecule has 2 aliphatic rings. The van der Waals surface area contributed by atoms with Crippen LogP contribution in [-0.4, -0.2) is 43.8 Å². The fourth-order valence-corrected chi connectivity index (χ4v) is 3.36. The van der Waals surface area contributed by atoms with Crippen LogP contribution in [0, 0.1) is 5.82 Å². The summed E-state index contributed by atoms with van der Waals surface area (Å²) in [5.74, 6) is 0.649. The molecule has 1 fully saturated rings. The molecule has 0 spiro atoms. The van der Waals surface area contributed by atoms with Crippen molar-refractivity contribution in [2.24, 2.45) is 0 Å². The molecule has 0 unspecified atom stereocenters. The summed E-state index contributed by atoms with van der Waals surface area (Å²) in [7, 11) is 0. The van der Waals surface area contributed by atoms with Gasteiger partial charge >= 0.3 is 0 Å². The second kappa shape index (κ2) is 6.44. The van der Waals surface area contributed by atoms with Gasteiger partial charge in [-0.15, -0.1) is 0 Å². The first kappa shape index (κ1) is 16.0. The lowest BCUT2D eigenvalue weighted by Crippen LogP contribution is -2.48. The molecule has 1 saturated heterocycles. The van der Waals surface area contributed by atoms with Crippen molar-refractivity contribution in [2.45, 2.75) is 0 Å². The largest absolute Gasteiger partial charge is 0.454 e. The van der Waals surface area contributed by atoms with E-state index in [4.69, 9.17) is 21.1 Å². The number of anilines is 1. The van der Waals surface area contributed by atoms with Crippen molar-refractivity contribution in [1.29, 1.82) is 0 Å². The van der Waals surface area contributed by atoms with Crippen molar-refractivity contribution in [3.63, 3.8) is 0 Å². The number of halogens is 2. The zero-order valence-electron chi connectivity index (χ0n) is 13.4. The van der Waals surface area contributed by atoms with Crippen LogP contribution < -0.4 is 14.4 Å². The van der Waals surface area contributed by atoms with Crippen LogP contribution in [0.3, 0.4) is 0 Å². The van der Waals surface area contributed by atoms with Crippen LogP contribution in [0.4, 0.5) is 10.1 Å². The predicted molar refractivity (Wildman–Crippen MR) is 92.1 cm³/mol. The summed E-state index contributed by atoms with van der Waals surface area (Å²) in [6.45, 7) is 2.67. The molecule has 25 heavy (non-hydrogen) atoms. The van der Waals surface area contributed by atoms with Crippen molar-refractivity contribution in [1.82, 2.24) is 4.90 Å². The van der Waals surface area contributed by atoms with E-state index in [-0.39, 0.29) is 18.5 Å². The van der Waals surface area contributed by atoms with E-state index < -0.39 is 0 Å². The number of carbonyl (C=O) groups excluding carboxylic acids is 1. The van der Waals surface area contributed by atoms with Gasteiger partial charge < -0.3 is 19.3 Å². The first-order valence-electron chi connectivity index (χ1n) is 8.01. The molecule has 0 aromatic heterocycles. The van der Waals surface area contributed by atoms with Gasteiger partial charge in [0.2, 0.25) is 6.79 Å². The third-order valence-corrected chi connectivity index (χ3v) is 4.71. The van der Waals surface area contributed by atoms with Gasteiger partial charge in [-0.2, -0.15) is 0 Å². The average Bonchev–Trinajstić information content (AvgIpc) is 3.11. The van der Waals surface area contributed by atoms with Gasteiger partial charge in [0.25, 0.3) is 5.91 Å². The SMILES string of the molecule is O=C(c1cc(Cl)c2c(c1)OCO2)N1CCN(c2ccc(F)cc2)CC1. The summed E-state index contributed by atoms with van der Waals surface area (Å²) in [5, 5.41) is 0.378. The topological polar surface area (TPSA) is 42.0 Å². The average molecular weight is 363 g/mol. The molecule has 5 nitrogen and oxygen atoms in total. The fraction of sp³-hybridized carbons (Fsp3) is 0.278. The highest BCUT2D eigenvalue weighted by molar-refractivity contribution is 6.32. The minimum Gasteiger partial charge on any atom is -0.454 e. The van der Waals surface area contributed by atoms with E-state index in [0.29, 0.717) is 48.3 Å². The Balaban J connectivity index is 1.45. The van der Waals surface area contributed by atoms with Gasteiger partial charge in [-0.1, -0.05) is 11.6 Å². The third kappa shape index (κ3) is 3.09. The van der Waals surface area contributed by atoms with E-state index in [1.54, 1.807) is 29.2 Å². The molecular formula is C18H16ClFN2O3. The zero-order chi connectivity index (χ0) is 17.4. The van der Waals surface area contributed by atoms with E-state index in [0.717, 1.165) is 5.69 Å². The van der Waals surface area contributed by atoms with E-state index in [1.807, 2.05) is 0 Å². The van der Waals surface area contributed by atoms with Gasteiger partial charge in [-0.25, -0.2) is 4.39 Å². The van der Waals surface area contributed by atoms with E-state index in [2.05, 4.69) is 4.90 Å². The maximum Gasteiger partial charge on any atom is 0.254 e. The van der Waals surface area contributed by atoms with Crippen molar-refractivity contribution < 1.29 is 18.7 Å². The Morgan fingerprint density at radius 2 is 1.76 bits per heavy atom. The molecule has 7 heteroatoms. The van der Waals surface area contributed by atoms with Gasteiger partial charge in [0.1, 0.15) is 5.82 Å². The molecule has 0 radical (unpaired) electrons. The fourth-order valence-electron chi connectivity index (χ4n) is 3.09. The van der Waals surface area contributed by atoms with Crippen LogP contribution in [-0.2, 0) is 0 Å². The van der Waals surface area contributed by atoms with Gasteiger partial charge in [0, 0.05) is 37.4 Å². The smallest absolute Gasteiger partial charge is 0.254 e. The Morgan fingerprint density at radius 1 is 1.04 bits per heavy atom. The number of nitrogens with zero attached hydrogens (tertiary/aromatic N) is 2. The summed E-state index contributed by atoms with van der Waals surface area (Å²) in [6.07, 6.45) is 0. The molecule has 0 bridgehead atoms. The number of hydrogen-bond donors (Lipinski definition) is 0. The van der Waals surface area contributed by atoms with Crippen LogP contribution in [0.1, 0.15) is 10.4 Å². The molecule has 1 amide bonds. The molecule has 2 aromatic rings. The zero-order valence-corrected chi connectivity index (χ0v) is 14.1. The quantitative estimate of drug-likeness (QED) is 0.823. The molecule has 0 atom stereocenters. The minimum absolute atomic E-state index is 0.0843. The van der Waals surface area contributed by atoms with Gasteiger partial charge in [0.05, 0.1) is 5.02 Å². The monoisotopic (exact) mass is 362 g/mol. The van der Waals surface area contributed by atoms with Crippen molar-refractivity contribution in [2.75, 3.05) is 37.9 Å². The second-order valence-corrected chi connectivity index (χ2v) is 6.35. The molecule has 2 aliphatic heterocycles. The van der Waals surface area contributed by atoms with E-state index >= 15 is 0 Å². The van der Waals surface area contributed by atoms with Crippen molar-refractivity contribution >= 4 is 23.2 Å². The Kier molecular flexibility index (Phi) is 4.13. The summed E-state index contributed by atoms with van der Waals surface area (Å²) < 4.78 is 23.6. The minimum atomic E-state index is -0.253. The van der Waals surface area contributed by atoms with Crippen molar-refractivity contribution in [3.8, 4) is 11.5 Å². The summed E-state index contributed by atoms with van der Waals surface area (Å²) in [5.41, 5.74) is 1.45. The normalized spacial score (nSPS) is 16.2. The standard InChI is InChI=1S/C18H16ClFN2O3/c19-15-9-12(10-16-17(15)25-11-24-16)18(23)22-7-5-21(6-8-22)14-3-1-13(20)2-4-14/h1-4,9-10H,5-8,11H2. The lowest BCUT2D eigenvalue weighted by Gasteiger charge is -2.36. The van der Waals surface area contributed by atoms with E-state index in [1.165, 1.54) is 12.1 Å². The van der Waals surface area contributed by atoms with Crippen LogP contribution in [0.15, 0.2) is 36.4 Å². The van der Waals surface area contributed by atoms with Gasteiger partial charge in [-0.3, -0.25) is 4.79 Å². The van der Waals surface area contributed by atoms with Crippen LogP contribution in [0.25, 0.3) is 0 Å². The van der Waals surface area contributed by atoms with Gasteiger partial charge in [0.15, 0.2) is 11.5 Å². The highest BCUT2D eigenvalue weighted by Crippen LogP contribution is 2.40. The third-order valence-electron chi connectivity index (χ3n) is 4.43. The molecule has 0 N–H and O–H groups in total. The second-order valence-electron chi connectivity index (χ2n) is 5.95. The lowest BCUT2D eigenvalue weighted by atomic mass is 10.1. The molecule has 0 saturated carbocycles. The maximum absolute atomic E-state index is 13.0. The Bertz CT molecular complexity index is 805. The number of amides is 1. The Hall–Kier alpha value is -2.47. The van der Waals surface area contributed by atoms with Crippen molar-refractivity contribution in [3.05, 3.63) is 52.8 Å². The van der Waals surface area contributed by atoms with Gasteiger partial charge in [-0.05, 0) is 36.4 Å². The summed E-state index contributed by atoms with van der Waals surface area (Å²) in [6, 6.07) is 9.68.